The third-order valence-electron chi connectivity index (χ3n) is 3.30. The number of aliphatic hydroxyl groups excluding tert-OH is 1. The number of rotatable bonds is 6. The van der Waals surface area contributed by atoms with Gasteiger partial charge in [0, 0.05) is 34.2 Å². The van der Waals surface area contributed by atoms with Crippen LogP contribution in [0.1, 0.15) is 16.8 Å². The lowest BCUT2D eigenvalue weighted by Gasteiger charge is -2.13. The van der Waals surface area contributed by atoms with Crippen molar-refractivity contribution in [1.82, 2.24) is 14.9 Å². The van der Waals surface area contributed by atoms with Crippen LogP contribution in [0.3, 0.4) is 0 Å². The summed E-state index contributed by atoms with van der Waals surface area (Å²) >= 11 is 0. The standard InChI is InChI=1S/C15H22N4O/c1-18(2)15-17-10-14(19(15)3)9-16-8-12-4-6-13(11-20)7-5-12/h4-7,10,16,20H,8-9,11H2,1-3H3. The highest BCUT2D eigenvalue weighted by atomic mass is 16.3. The summed E-state index contributed by atoms with van der Waals surface area (Å²) in [7, 11) is 6.00. The van der Waals surface area contributed by atoms with E-state index in [4.69, 9.17) is 5.11 Å². The molecule has 1 aromatic carbocycles. The number of imidazole rings is 1. The molecule has 0 aliphatic rings. The van der Waals surface area contributed by atoms with E-state index in [-0.39, 0.29) is 6.61 Å². The van der Waals surface area contributed by atoms with Crippen molar-refractivity contribution in [3.63, 3.8) is 0 Å². The highest BCUT2D eigenvalue weighted by molar-refractivity contribution is 5.31. The minimum atomic E-state index is 0.0933. The van der Waals surface area contributed by atoms with Crippen LogP contribution in [0.4, 0.5) is 5.95 Å². The van der Waals surface area contributed by atoms with E-state index in [0.717, 1.165) is 30.3 Å². The third-order valence-corrected chi connectivity index (χ3v) is 3.30. The summed E-state index contributed by atoms with van der Waals surface area (Å²) in [5.74, 6) is 0.953. The van der Waals surface area contributed by atoms with Crippen molar-refractivity contribution < 1.29 is 5.11 Å². The van der Waals surface area contributed by atoms with Crippen molar-refractivity contribution in [3.8, 4) is 0 Å². The van der Waals surface area contributed by atoms with Crippen molar-refractivity contribution >= 4 is 5.95 Å². The zero-order valence-electron chi connectivity index (χ0n) is 12.3. The van der Waals surface area contributed by atoms with Crippen LogP contribution in [0.2, 0.25) is 0 Å². The topological polar surface area (TPSA) is 53.3 Å². The van der Waals surface area contributed by atoms with Crippen LogP contribution in [0.15, 0.2) is 30.5 Å². The van der Waals surface area contributed by atoms with Crippen molar-refractivity contribution in [2.45, 2.75) is 19.7 Å². The number of hydrogen-bond donors (Lipinski definition) is 2. The summed E-state index contributed by atoms with van der Waals surface area (Å²) in [6, 6.07) is 7.97. The zero-order valence-corrected chi connectivity index (χ0v) is 12.3. The van der Waals surface area contributed by atoms with E-state index in [0.29, 0.717) is 0 Å². The molecular weight excluding hydrogens is 252 g/mol. The van der Waals surface area contributed by atoms with Crippen molar-refractivity contribution in [2.24, 2.45) is 7.05 Å². The second-order valence-corrected chi connectivity index (χ2v) is 5.08. The zero-order chi connectivity index (χ0) is 14.5. The van der Waals surface area contributed by atoms with E-state index < -0.39 is 0 Å². The Hall–Kier alpha value is -1.85. The molecule has 0 bridgehead atoms. The van der Waals surface area contributed by atoms with E-state index in [9.17, 15) is 0 Å². The molecule has 0 radical (unpaired) electrons. The van der Waals surface area contributed by atoms with E-state index in [1.165, 1.54) is 5.56 Å². The number of nitrogens with zero attached hydrogens (tertiary/aromatic N) is 3. The summed E-state index contributed by atoms with van der Waals surface area (Å²) in [5, 5.41) is 12.4. The van der Waals surface area contributed by atoms with E-state index >= 15 is 0 Å². The molecule has 5 heteroatoms. The fourth-order valence-corrected chi connectivity index (χ4v) is 2.11. The first-order valence-corrected chi connectivity index (χ1v) is 6.69. The molecule has 5 nitrogen and oxygen atoms in total. The van der Waals surface area contributed by atoms with Gasteiger partial charge < -0.3 is 19.9 Å². The number of aromatic nitrogens is 2. The summed E-state index contributed by atoms with van der Waals surface area (Å²) < 4.78 is 2.09. The summed E-state index contributed by atoms with van der Waals surface area (Å²) in [6.07, 6.45) is 1.90. The van der Waals surface area contributed by atoms with Crippen LogP contribution >= 0.6 is 0 Å². The predicted octanol–water partition coefficient (Wildman–Crippen LogP) is 1.27. The first kappa shape index (κ1) is 14.6. The lowest BCUT2D eigenvalue weighted by Crippen LogP contribution is -2.18. The average molecular weight is 274 g/mol. The molecule has 0 spiro atoms. The molecule has 0 saturated heterocycles. The molecule has 0 saturated carbocycles. The van der Waals surface area contributed by atoms with E-state index in [1.807, 2.05) is 56.5 Å². The molecule has 1 heterocycles. The minimum absolute atomic E-state index is 0.0933. The van der Waals surface area contributed by atoms with E-state index in [1.54, 1.807) is 0 Å². The molecule has 2 aromatic rings. The number of hydrogen-bond acceptors (Lipinski definition) is 4. The smallest absolute Gasteiger partial charge is 0.204 e. The second-order valence-electron chi connectivity index (χ2n) is 5.08. The van der Waals surface area contributed by atoms with Gasteiger partial charge >= 0.3 is 0 Å². The summed E-state index contributed by atoms with van der Waals surface area (Å²) in [4.78, 5) is 6.38. The molecule has 0 amide bonds. The number of nitrogens with one attached hydrogen (secondary N) is 1. The SMILES string of the molecule is CN(C)c1ncc(CNCc2ccc(CO)cc2)n1C. The minimum Gasteiger partial charge on any atom is -0.392 e. The normalized spacial score (nSPS) is 10.8. The number of benzene rings is 1. The third kappa shape index (κ3) is 3.37. The Labute approximate surface area is 119 Å². The van der Waals surface area contributed by atoms with Crippen LogP contribution in [0, 0.1) is 0 Å². The average Bonchev–Trinajstić information content (AvgIpc) is 2.81. The van der Waals surface area contributed by atoms with Crippen molar-refractivity contribution in [3.05, 3.63) is 47.3 Å². The van der Waals surface area contributed by atoms with Crippen LogP contribution in [0.25, 0.3) is 0 Å². The largest absolute Gasteiger partial charge is 0.392 e. The second kappa shape index (κ2) is 6.54. The quantitative estimate of drug-likeness (QED) is 0.833. The highest BCUT2D eigenvalue weighted by Gasteiger charge is 2.07. The molecule has 0 aliphatic carbocycles. The predicted molar refractivity (Wildman–Crippen MR) is 80.4 cm³/mol. The monoisotopic (exact) mass is 274 g/mol. The van der Waals surface area contributed by atoms with Gasteiger partial charge in [0.1, 0.15) is 0 Å². The molecule has 20 heavy (non-hydrogen) atoms. The molecule has 0 atom stereocenters. The molecule has 2 N–H and O–H groups in total. The van der Waals surface area contributed by atoms with Crippen LogP contribution < -0.4 is 10.2 Å². The maximum absolute atomic E-state index is 9.00. The van der Waals surface area contributed by atoms with E-state index in [2.05, 4.69) is 14.9 Å². The Balaban J connectivity index is 1.89. The van der Waals surface area contributed by atoms with Crippen molar-refractivity contribution in [1.29, 1.82) is 0 Å². The molecule has 0 fully saturated rings. The van der Waals surface area contributed by atoms with Gasteiger partial charge in [-0.25, -0.2) is 4.98 Å². The molecular formula is C15H22N4O. The van der Waals surface area contributed by atoms with Crippen LogP contribution in [-0.4, -0.2) is 28.8 Å². The lowest BCUT2D eigenvalue weighted by atomic mass is 10.1. The van der Waals surface area contributed by atoms with Gasteiger partial charge in [0.25, 0.3) is 0 Å². The maximum Gasteiger partial charge on any atom is 0.204 e. The Morgan fingerprint density at radius 2 is 1.80 bits per heavy atom. The van der Waals surface area contributed by atoms with Gasteiger partial charge in [-0.05, 0) is 11.1 Å². The molecule has 108 valence electrons. The van der Waals surface area contributed by atoms with Gasteiger partial charge in [0.2, 0.25) is 5.95 Å². The summed E-state index contributed by atoms with van der Waals surface area (Å²) in [5.41, 5.74) is 3.30. The maximum atomic E-state index is 9.00. The fourth-order valence-electron chi connectivity index (χ4n) is 2.11. The fraction of sp³-hybridized carbons (Fsp3) is 0.400. The van der Waals surface area contributed by atoms with Gasteiger partial charge in [0.05, 0.1) is 18.5 Å². The molecule has 1 aromatic heterocycles. The summed E-state index contributed by atoms with van der Waals surface area (Å²) in [6.45, 7) is 1.67. The Kier molecular flexibility index (Phi) is 4.76. The van der Waals surface area contributed by atoms with Gasteiger partial charge in [-0.1, -0.05) is 24.3 Å². The Morgan fingerprint density at radius 1 is 1.15 bits per heavy atom. The number of aliphatic hydroxyl groups is 1. The van der Waals surface area contributed by atoms with Gasteiger partial charge in [0.15, 0.2) is 0 Å². The van der Waals surface area contributed by atoms with Gasteiger partial charge in [-0.2, -0.15) is 0 Å². The molecule has 2 rings (SSSR count). The van der Waals surface area contributed by atoms with Gasteiger partial charge in [-0.15, -0.1) is 0 Å². The first-order valence-electron chi connectivity index (χ1n) is 6.69. The Bertz CT molecular complexity index is 546. The molecule has 0 aliphatic heterocycles. The van der Waals surface area contributed by atoms with Crippen LogP contribution in [-0.2, 0) is 26.7 Å². The highest BCUT2D eigenvalue weighted by Crippen LogP contribution is 2.11. The first-order chi connectivity index (χ1) is 9.61. The Morgan fingerprint density at radius 3 is 2.35 bits per heavy atom. The lowest BCUT2D eigenvalue weighted by molar-refractivity contribution is 0.282. The number of anilines is 1. The van der Waals surface area contributed by atoms with Gasteiger partial charge in [-0.3, -0.25) is 0 Å². The molecule has 0 unspecified atom stereocenters. The van der Waals surface area contributed by atoms with Crippen LogP contribution in [0.5, 0.6) is 0 Å². The van der Waals surface area contributed by atoms with Crippen molar-refractivity contribution in [2.75, 3.05) is 19.0 Å².